The number of hydrogen-bond acceptors (Lipinski definition) is 4. The number of methoxy groups -OCH3 is 1. The third-order valence-electron chi connectivity index (χ3n) is 3.22. The number of halogens is 1. The molecule has 0 unspecified atom stereocenters. The van der Waals surface area contributed by atoms with Crippen molar-refractivity contribution in [2.45, 2.75) is 12.8 Å². The van der Waals surface area contributed by atoms with E-state index in [0.717, 1.165) is 12.8 Å². The van der Waals surface area contributed by atoms with Gasteiger partial charge >= 0.3 is 5.97 Å². The molecule has 6 heteroatoms. The van der Waals surface area contributed by atoms with E-state index >= 15 is 0 Å². The molecule has 1 amide bonds. The van der Waals surface area contributed by atoms with Crippen molar-refractivity contribution in [3.05, 3.63) is 28.5 Å². The van der Waals surface area contributed by atoms with Crippen molar-refractivity contribution in [1.82, 2.24) is 9.88 Å². The fourth-order valence-corrected chi connectivity index (χ4v) is 2.44. The summed E-state index contributed by atoms with van der Waals surface area (Å²) in [4.78, 5) is 29.6. The fourth-order valence-electron chi connectivity index (χ4n) is 2.21. The summed E-state index contributed by atoms with van der Waals surface area (Å²) in [5.74, 6) is -0.550. The van der Waals surface area contributed by atoms with Gasteiger partial charge in [-0.25, -0.2) is 4.98 Å². The first-order valence-electron chi connectivity index (χ1n) is 6.10. The first-order chi connectivity index (χ1) is 9.11. The Balaban J connectivity index is 2.06. The number of rotatable bonds is 2. The number of amides is 1. The summed E-state index contributed by atoms with van der Waals surface area (Å²) < 4.78 is 5.43. The molecule has 5 nitrogen and oxygen atoms in total. The zero-order valence-electron chi connectivity index (χ0n) is 10.6. The zero-order chi connectivity index (χ0) is 13.8. The van der Waals surface area contributed by atoms with Crippen LogP contribution in [-0.2, 0) is 9.53 Å². The number of hydrogen-bond donors (Lipinski definition) is 0. The van der Waals surface area contributed by atoms with Gasteiger partial charge in [0.25, 0.3) is 5.91 Å². The Morgan fingerprint density at radius 1 is 1.47 bits per heavy atom. The third-order valence-corrected chi connectivity index (χ3v) is 3.69. The molecule has 1 aliphatic heterocycles. The fraction of sp³-hybridized carbons (Fsp3) is 0.462. The van der Waals surface area contributed by atoms with Gasteiger partial charge in [-0.05, 0) is 40.9 Å². The lowest BCUT2D eigenvalue weighted by Crippen LogP contribution is -2.42. The highest BCUT2D eigenvalue weighted by molar-refractivity contribution is 9.10. The number of esters is 1. The maximum atomic E-state index is 12.3. The Kier molecular flexibility index (Phi) is 4.52. The smallest absolute Gasteiger partial charge is 0.310 e. The van der Waals surface area contributed by atoms with Gasteiger partial charge in [-0.1, -0.05) is 0 Å². The van der Waals surface area contributed by atoms with Crippen LogP contribution in [0.5, 0.6) is 0 Å². The predicted molar refractivity (Wildman–Crippen MR) is 72.6 cm³/mol. The lowest BCUT2D eigenvalue weighted by atomic mass is 9.97. The van der Waals surface area contributed by atoms with E-state index in [0.29, 0.717) is 23.3 Å². The zero-order valence-corrected chi connectivity index (χ0v) is 12.2. The minimum atomic E-state index is -0.244. The molecular formula is C13H15BrN2O3. The molecule has 1 aromatic heterocycles. The predicted octanol–water partition coefficient (Wildman–Crippen LogP) is 1.87. The summed E-state index contributed by atoms with van der Waals surface area (Å²) in [7, 11) is 1.38. The van der Waals surface area contributed by atoms with Gasteiger partial charge in [0.05, 0.1) is 18.6 Å². The molecule has 0 bridgehead atoms. The van der Waals surface area contributed by atoms with Crippen LogP contribution in [0.2, 0.25) is 0 Å². The number of carbonyl (C=O) groups excluding carboxylic acids is 2. The van der Waals surface area contributed by atoms with Gasteiger partial charge < -0.3 is 9.64 Å². The molecule has 19 heavy (non-hydrogen) atoms. The SMILES string of the molecule is COC(=O)[C@H]1CCCN(C(=O)c2ccc(Br)nc2)C1. The van der Waals surface area contributed by atoms with Gasteiger partial charge in [-0.15, -0.1) is 0 Å². The van der Waals surface area contributed by atoms with E-state index in [1.165, 1.54) is 13.3 Å². The van der Waals surface area contributed by atoms with E-state index in [-0.39, 0.29) is 17.8 Å². The number of likely N-dealkylation sites (tertiary alicyclic amines) is 1. The number of ether oxygens (including phenoxy) is 1. The summed E-state index contributed by atoms with van der Waals surface area (Å²) in [6.45, 7) is 1.09. The van der Waals surface area contributed by atoms with E-state index in [9.17, 15) is 9.59 Å². The van der Waals surface area contributed by atoms with Crippen LogP contribution in [-0.4, -0.2) is 42.0 Å². The highest BCUT2D eigenvalue weighted by atomic mass is 79.9. The number of carbonyl (C=O) groups is 2. The minimum absolute atomic E-state index is 0.0893. The summed E-state index contributed by atoms with van der Waals surface area (Å²) in [6, 6.07) is 3.45. The van der Waals surface area contributed by atoms with Crippen molar-refractivity contribution in [2.24, 2.45) is 5.92 Å². The molecular weight excluding hydrogens is 312 g/mol. The normalized spacial score (nSPS) is 19.1. The lowest BCUT2D eigenvalue weighted by Gasteiger charge is -2.31. The van der Waals surface area contributed by atoms with E-state index in [1.807, 2.05) is 0 Å². The largest absolute Gasteiger partial charge is 0.469 e. The summed E-state index contributed by atoms with van der Waals surface area (Å²) in [5, 5.41) is 0. The molecule has 0 spiro atoms. The van der Waals surface area contributed by atoms with E-state index in [4.69, 9.17) is 4.74 Å². The number of pyridine rings is 1. The summed E-state index contributed by atoms with van der Waals surface area (Å²) in [6.07, 6.45) is 3.12. The van der Waals surface area contributed by atoms with Crippen LogP contribution >= 0.6 is 15.9 Å². The number of nitrogens with zero attached hydrogens (tertiary/aromatic N) is 2. The van der Waals surface area contributed by atoms with Gasteiger partial charge in [0, 0.05) is 19.3 Å². The van der Waals surface area contributed by atoms with Gasteiger partial charge in [-0.3, -0.25) is 9.59 Å². The molecule has 1 aromatic rings. The Bertz CT molecular complexity index is 475. The van der Waals surface area contributed by atoms with Crippen molar-refractivity contribution in [1.29, 1.82) is 0 Å². The van der Waals surface area contributed by atoms with Crippen LogP contribution in [0.4, 0.5) is 0 Å². The molecule has 1 fully saturated rings. The summed E-state index contributed by atoms with van der Waals surface area (Å²) in [5.41, 5.74) is 0.536. The van der Waals surface area contributed by atoms with Crippen LogP contribution in [0.15, 0.2) is 22.9 Å². The molecule has 0 radical (unpaired) electrons. The van der Waals surface area contributed by atoms with Crippen molar-refractivity contribution >= 4 is 27.8 Å². The second-order valence-electron chi connectivity index (χ2n) is 4.48. The van der Waals surface area contributed by atoms with Crippen molar-refractivity contribution in [3.63, 3.8) is 0 Å². The molecule has 1 aliphatic rings. The second kappa shape index (κ2) is 6.14. The Morgan fingerprint density at radius 3 is 2.89 bits per heavy atom. The summed E-state index contributed by atoms with van der Waals surface area (Å²) >= 11 is 3.23. The minimum Gasteiger partial charge on any atom is -0.469 e. The topological polar surface area (TPSA) is 59.5 Å². The first-order valence-corrected chi connectivity index (χ1v) is 6.89. The second-order valence-corrected chi connectivity index (χ2v) is 5.30. The molecule has 1 atom stereocenters. The third kappa shape index (κ3) is 3.32. The van der Waals surface area contributed by atoms with Gasteiger partial charge in [0.15, 0.2) is 0 Å². The number of aromatic nitrogens is 1. The molecule has 1 saturated heterocycles. The lowest BCUT2D eigenvalue weighted by molar-refractivity contribution is -0.146. The molecule has 0 aliphatic carbocycles. The molecule has 102 valence electrons. The standard InChI is InChI=1S/C13H15BrN2O3/c1-19-13(18)10-3-2-6-16(8-10)12(17)9-4-5-11(14)15-7-9/h4-5,7,10H,2-3,6,8H2,1H3/t10-/m0/s1. The Morgan fingerprint density at radius 2 is 2.26 bits per heavy atom. The van der Waals surface area contributed by atoms with Crippen LogP contribution in [0.3, 0.4) is 0 Å². The van der Waals surface area contributed by atoms with Crippen LogP contribution < -0.4 is 0 Å². The quantitative estimate of drug-likeness (QED) is 0.615. The van der Waals surface area contributed by atoms with Gasteiger partial charge in [-0.2, -0.15) is 0 Å². The van der Waals surface area contributed by atoms with Crippen LogP contribution in [0, 0.1) is 5.92 Å². The van der Waals surface area contributed by atoms with Crippen LogP contribution in [0.25, 0.3) is 0 Å². The molecule has 2 rings (SSSR count). The van der Waals surface area contributed by atoms with Crippen molar-refractivity contribution in [3.8, 4) is 0 Å². The highest BCUT2D eigenvalue weighted by Gasteiger charge is 2.29. The molecule has 0 N–H and O–H groups in total. The Hall–Kier alpha value is -1.43. The molecule has 0 saturated carbocycles. The average molecular weight is 327 g/mol. The molecule has 2 heterocycles. The monoisotopic (exact) mass is 326 g/mol. The maximum Gasteiger partial charge on any atom is 0.310 e. The van der Waals surface area contributed by atoms with E-state index in [2.05, 4.69) is 20.9 Å². The van der Waals surface area contributed by atoms with Gasteiger partial charge in [0.1, 0.15) is 4.60 Å². The highest BCUT2D eigenvalue weighted by Crippen LogP contribution is 2.19. The molecule has 0 aromatic carbocycles. The number of piperidine rings is 1. The first kappa shape index (κ1) is 14.0. The van der Waals surface area contributed by atoms with Gasteiger partial charge in [0.2, 0.25) is 0 Å². The van der Waals surface area contributed by atoms with Crippen LogP contribution in [0.1, 0.15) is 23.2 Å². The van der Waals surface area contributed by atoms with Crippen molar-refractivity contribution in [2.75, 3.05) is 20.2 Å². The van der Waals surface area contributed by atoms with E-state index in [1.54, 1.807) is 17.0 Å². The van der Waals surface area contributed by atoms with Crippen molar-refractivity contribution < 1.29 is 14.3 Å². The maximum absolute atomic E-state index is 12.3. The Labute approximate surface area is 120 Å². The van der Waals surface area contributed by atoms with E-state index < -0.39 is 0 Å². The average Bonchev–Trinajstić information content (AvgIpc) is 2.46.